The normalized spacial score (nSPS) is 11.5. The Kier molecular flexibility index (Phi) is 8.46. The van der Waals surface area contributed by atoms with Crippen LogP contribution in [0.4, 0.5) is 0 Å². The van der Waals surface area contributed by atoms with E-state index in [1.807, 2.05) is 0 Å². The van der Waals surface area contributed by atoms with E-state index < -0.39 is 0 Å². The van der Waals surface area contributed by atoms with Gasteiger partial charge in [-0.15, -0.1) is 0 Å². The maximum absolute atomic E-state index is 8.62. The molecule has 0 fully saturated rings. The van der Waals surface area contributed by atoms with Crippen LogP contribution in [0.3, 0.4) is 0 Å². The van der Waals surface area contributed by atoms with Crippen LogP contribution in [0, 0.1) is 5.92 Å². The molecule has 13 heavy (non-hydrogen) atoms. The zero-order chi connectivity index (χ0) is 10.1. The minimum atomic E-state index is 0.344. The van der Waals surface area contributed by atoms with Crippen molar-refractivity contribution in [3.63, 3.8) is 0 Å². The van der Waals surface area contributed by atoms with Gasteiger partial charge in [0.25, 0.3) is 0 Å². The minimum absolute atomic E-state index is 0.344. The van der Waals surface area contributed by atoms with Gasteiger partial charge in [0.15, 0.2) is 0 Å². The van der Waals surface area contributed by atoms with Crippen molar-refractivity contribution >= 4 is 0 Å². The van der Waals surface area contributed by atoms with Crippen LogP contribution in [-0.2, 0) is 0 Å². The molecule has 0 heterocycles. The Labute approximate surface area is 82.9 Å². The number of nitrogens with zero attached hydrogens (tertiary/aromatic N) is 1. The van der Waals surface area contributed by atoms with Crippen LogP contribution in [0.15, 0.2) is 0 Å². The van der Waals surface area contributed by atoms with Gasteiger partial charge in [-0.2, -0.15) is 0 Å². The zero-order valence-corrected chi connectivity index (χ0v) is 9.42. The van der Waals surface area contributed by atoms with Crippen molar-refractivity contribution in [3.05, 3.63) is 0 Å². The fraction of sp³-hybridized carbons (Fsp3) is 1.00. The third-order valence-electron chi connectivity index (χ3n) is 2.20. The van der Waals surface area contributed by atoms with Crippen LogP contribution < -0.4 is 0 Å². The van der Waals surface area contributed by atoms with E-state index in [0.717, 1.165) is 25.3 Å². The van der Waals surface area contributed by atoms with Crippen LogP contribution >= 0.6 is 0 Å². The van der Waals surface area contributed by atoms with Crippen LogP contribution in [0.5, 0.6) is 0 Å². The van der Waals surface area contributed by atoms with E-state index in [1.54, 1.807) is 0 Å². The smallest absolute Gasteiger partial charge is 0.0431 e. The van der Waals surface area contributed by atoms with Crippen molar-refractivity contribution < 1.29 is 5.11 Å². The van der Waals surface area contributed by atoms with Gasteiger partial charge >= 0.3 is 0 Å². The molecule has 0 spiro atoms. The second-order valence-corrected chi connectivity index (χ2v) is 4.07. The summed E-state index contributed by atoms with van der Waals surface area (Å²) in [5.41, 5.74) is 0. The Morgan fingerprint density at radius 2 is 1.85 bits per heavy atom. The average Bonchev–Trinajstić information content (AvgIpc) is 2.09. The first-order valence-electron chi connectivity index (χ1n) is 5.53. The molecule has 80 valence electrons. The van der Waals surface area contributed by atoms with Gasteiger partial charge in [0.05, 0.1) is 0 Å². The number of unbranched alkanes of at least 4 members (excludes halogenated alkanes) is 2. The largest absolute Gasteiger partial charge is 0.396 e. The second kappa shape index (κ2) is 8.52. The summed E-state index contributed by atoms with van der Waals surface area (Å²) in [5, 5.41) is 8.62. The van der Waals surface area contributed by atoms with Gasteiger partial charge in [0, 0.05) is 13.2 Å². The summed E-state index contributed by atoms with van der Waals surface area (Å²) in [6, 6.07) is 0. The van der Waals surface area contributed by atoms with E-state index >= 15 is 0 Å². The minimum Gasteiger partial charge on any atom is -0.396 e. The maximum atomic E-state index is 8.62. The molecule has 0 aromatic heterocycles. The van der Waals surface area contributed by atoms with E-state index in [9.17, 15) is 0 Å². The lowest BCUT2D eigenvalue weighted by Gasteiger charge is -2.22. The van der Waals surface area contributed by atoms with Crippen LogP contribution in [0.2, 0.25) is 0 Å². The van der Waals surface area contributed by atoms with Gasteiger partial charge < -0.3 is 10.0 Å². The summed E-state index contributed by atoms with van der Waals surface area (Å²) in [4.78, 5) is 2.49. The first-order chi connectivity index (χ1) is 6.20. The average molecular weight is 187 g/mol. The molecule has 0 amide bonds. The molecule has 0 radical (unpaired) electrons. The molecule has 0 rings (SSSR count). The van der Waals surface area contributed by atoms with E-state index in [0.29, 0.717) is 6.61 Å². The van der Waals surface area contributed by atoms with E-state index in [4.69, 9.17) is 5.11 Å². The molecule has 0 saturated heterocycles. The summed E-state index contributed by atoms with van der Waals surface area (Å²) < 4.78 is 0. The maximum Gasteiger partial charge on any atom is 0.0431 e. The number of hydrogen-bond donors (Lipinski definition) is 1. The highest BCUT2D eigenvalue weighted by Crippen LogP contribution is 2.02. The summed E-state index contributed by atoms with van der Waals surface area (Å²) >= 11 is 0. The van der Waals surface area contributed by atoms with Crippen molar-refractivity contribution in [2.75, 3.05) is 26.2 Å². The third kappa shape index (κ3) is 8.26. The number of aliphatic hydroxyl groups is 1. The summed E-state index contributed by atoms with van der Waals surface area (Å²) in [6.07, 6.45) is 3.34. The summed E-state index contributed by atoms with van der Waals surface area (Å²) in [7, 11) is 0. The van der Waals surface area contributed by atoms with E-state index in [-0.39, 0.29) is 0 Å². The van der Waals surface area contributed by atoms with Crippen LogP contribution in [0.25, 0.3) is 0 Å². The van der Waals surface area contributed by atoms with E-state index in [1.165, 1.54) is 19.5 Å². The molecule has 0 atom stereocenters. The molecule has 0 bridgehead atoms. The monoisotopic (exact) mass is 187 g/mol. The molecule has 1 N–H and O–H groups in total. The lowest BCUT2D eigenvalue weighted by molar-refractivity contribution is 0.241. The fourth-order valence-electron chi connectivity index (χ4n) is 1.52. The highest BCUT2D eigenvalue weighted by molar-refractivity contribution is 4.58. The highest BCUT2D eigenvalue weighted by atomic mass is 16.2. The van der Waals surface area contributed by atoms with Crippen molar-refractivity contribution in [2.45, 2.75) is 40.0 Å². The Balaban J connectivity index is 3.36. The molecular formula is C11H25NO. The molecule has 0 saturated carbocycles. The number of aliphatic hydroxyl groups excluding tert-OH is 1. The molecule has 0 unspecified atom stereocenters. The quantitative estimate of drug-likeness (QED) is 0.588. The van der Waals surface area contributed by atoms with Gasteiger partial charge in [-0.1, -0.05) is 20.8 Å². The molecule has 0 aromatic carbocycles. The summed E-state index contributed by atoms with van der Waals surface area (Å²) in [6.45, 7) is 10.6. The molecule has 0 aromatic rings. The lowest BCUT2D eigenvalue weighted by Crippen LogP contribution is -2.28. The van der Waals surface area contributed by atoms with Crippen LogP contribution in [0.1, 0.15) is 40.0 Å². The van der Waals surface area contributed by atoms with Crippen molar-refractivity contribution in [3.8, 4) is 0 Å². The Bertz CT molecular complexity index is 104. The molecule has 2 heteroatoms. The lowest BCUT2D eigenvalue weighted by atomic mass is 10.2. The SMILES string of the molecule is CCN(CCCCCO)CC(C)C. The van der Waals surface area contributed by atoms with Gasteiger partial charge in [-0.05, 0) is 38.3 Å². The Morgan fingerprint density at radius 3 is 2.31 bits per heavy atom. The third-order valence-corrected chi connectivity index (χ3v) is 2.20. The predicted octanol–water partition coefficient (Wildman–Crippen LogP) is 2.13. The highest BCUT2D eigenvalue weighted by Gasteiger charge is 2.03. The van der Waals surface area contributed by atoms with Gasteiger partial charge in [0.1, 0.15) is 0 Å². The number of hydrogen-bond acceptors (Lipinski definition) is 2. The number of rotatable bonds is 8. The standard InChI is InChI=1S/C11H25NO/c1-4-12(10-11(2)3)8-6-5-7-9-13/h11,13H,4-10H2,1-3H3. The Hall–Kier alpha value is -0.0800. The topological polar surface area (TPSA) is 23.5 Å². The zero-order valence-electron chi connectivity index (χ0n) is 9.42. The molecule has 2 nitrogen and oxygen atoms in total. The van der Waals surface area contributed by atoms with Crippen molar-refractivity contribution in [1.29, 1.82) is 0 Å². The van der Waals surface area contributed by atoms with E-state index in [2.05, 4.69) is 25.7 Å². The molecule has 0 aliphatic heterocycles. The summed E-state index contributed by atoms with van der Waals surface area (Å²) in [5.74, 6) is 0.762. The molecule has 0 aliphatic carbocycles. The predicted molar refractivity (Wildman–Crippen MR) is 57.9 cm³/mol. The van der Waals surface area contributed by atoms with Crippen molar-refractivity contribution in [2.24, 2.45) is 5.92 Å². The first-order valence-corrected chi connectivity index (χ1v) is 5.53. The van der Waals surface area contributed by atoms with Gasteiger partial charge in [-0.3, -0.25) is 0 Å². The fourth-order valence-corrected chi connectivity index (χ4v) is 1.52. The molecule has 0 aliphatic rings. The van der Waals surface area contributed by atoms with Crippen LogP contribution in [-0.4, -0.2) is 36.2 Å². The molecular weight excluding hydrogens is 162 g/mol. The first kappa shape index (κ1) is 12.9. The van der Waals surface area contributed by atoms with Gasteiger partial charge in [-0.25, -0.2) is 0 Å². The Morgan fingerprint density at radius 1 is 1.15 bits per heavy atom. The van der Waals surface area contributed by atoms with Crippen molar-refractivity contribution in [1.82, 2.24) is 4.90 Å². The second-order valence-electron chi connectivity index (χ2n) is 4.07. The van der Waals surface area contributed by atoms with Gasteiger partial charge in [0.2, 0.25) is 0 Å².